The van der Waals surface area contributed by atoms with E-state index in [-0.39, 0.29) is 24.9 Å². The molecule has 5 nitrogen and oxygen atoms in total. The molecule has 0 spiro atoms. The second-order valence-electron chi connectivity index (χ2n) is 4.82. The minimum atomic E-state index is -0.248. The first kappa shape index (κ1) is 16.1. The van der Waals surface area contributed by atoms with E-state index in [4.69, 9.17) is 16.0 Å². The molecule has 2 aromatic rings. The molecule has 0 aliphatic carbocycles. The lowest BCUT2D eigenvalue weighted by atomic mass is 10.2. The van der Waals surface area contributed by atoms with E-state index < -0.39 is 0 Å². The highest BCUT2D eigenvalue weighted by Crippen LogP contribution is 2.14. The Kier molecular flexibility index (Phi) is 5.61. The van der Waals surface area contributed by atoms with Gasteiger partial charge in [0.05, 0.1) is 19.4 Å². The fourth-order valence-corrected chi connectivity index (χ4v) is 2.14. The molecule has 116 valence electrons. The molecule has 2 rings (SSSR count). The van der Waals surface area contributed by atoms with Crippen LogP contribution in [0.25, 0.3) is 0 Å². The summed E-state index contributed by atoms with van der Waals surface area (Å²) in [4.78, 5) is 25.0. The van der Waals surface area contributed by atoms with Crippen LogP contribution in [0.5, 0.6) is 0 Å². The zero-order valence-corrected chi connectivity index (χ0v) is 13.0. The summed E-state index contributed by atoms with van der Waals surface area (Å²) in [6, 6.07) is 10.8. The Balaban J connectivity index is 1.88. The predicted molar refractivity (Wildman–Crippen MR) is 83.1 cm³/mol. The van der Waals surface area contributed by atoms with Crippen molar-refractivity contribution in [3.8, 4) is 0 Å². The van der Waals surface area contributed by atoms with E-state index in [1.165, 1.54) is 18.1 Å². The lowest BCUT2D eigenvalue weighted by Crippen LogP contribution is -2.39. The summed E-state index contributed by atoms with van der Waals surface area (Å²) in [5.74, 6) is 0.195. The van der Waals surface area contributed by atoms with Crippen molar-refractivity contribution in [2.45, 2.75) is 20.0 Å². The van der Waals surface area contributed by atoms with Crippen LogP contribution in [0.2, 0.25) is 5.02 Å². The van der Waals surface area contributed by atoms with Crippen molar-refractivity contribution in [3.05, 3.63) is 59.0 Å². The van der Waals surface area contributed by atoms with E-state index in [1.807, 2.05) is 18.2 Å². The molecule has 0 aliphatic heterocycles. The normalized spacial score (nSPS) is 10.3. The highest BCUT2D eigenvalue weighted by Gasteiger charge is 2.15. The molecular weight excluding hydrogens is 304 g/mol. The van der Waals surface area contributed by atoms with E-state index in [9.17, 15) is 9.59 Å². The Labute approximate surface area is 133 Å². The molecule has 1 aromatic heterocycles. The van der Waals surface area contributed by atoms with Gasteiger partial charge in [-0.05, 0) is 23.8 Å². The van der Waals surface area contributed by atoms with Crippen molar-refractivity contribution < 1.29 is 14.0 Å². The van der Waals surface area contributed by atoms with Gasteiger partial charge in [-0.15, -0.1) is 0 Å². The first-order valence-corrected chi connectivity index (χ1v) is 7.22. The highest BCUT2D eigenvalue weighted by atomic mass is 35.5. The monoisotopic (exact) mass is 320 g/mol. The van der Waals surface area contributed by atoms with Gasteiger partial charge in [0.15, 0.2) is 0 Å². The molecule has 22 heavy (non-hydrogen) atoms. The van der Waals surface area contributed by atoms with Crippen LogP contribution in [0.3, 0.4) is 0 Å². The summed E-state index contributed by atoms with van der Waals surface area (Å²) >= 11 is 6.03. The van der Waals surface area contributed by atoms with Crippen LogP contribution < -0.4 is 5.32 Å². The molecule has 0 aliphatic rings. The number of halogens is 1. The molecule has 2 amide bonds. The zero-order chi connectivity index (χ0) is 15.9. The molecule has 6 heteroatoms. The summed E-state index contributed by atoms with van der Waals surface area (Å²) in [6.07, 6.45) is 1.53. The number of amides is 2. The third kappa shape index (κ3) is 4.63. The number of rotatable bonds is 6. The third-order valence-corrected chi connectivity index (χ3v) is 3.51. The predicted octanol–water partition coefficient (Wildman–Crippen LogP) is 2.60. The molecule has 0 bridgehead atoms. The third-order valence-electron chi connectivity index (χ3n) is 3.14. The highest BCUT2D eigenvalue weighted by molar-refractivity contribution is 6.31. The van der Waals surface area contributed by atoms with E-state index in [2.05, 4.69) is 5.32 Å². The number of hydrogen-bond acceptors (Lipinski definition) is 3. The van der Waals surface area contributed by atoms with Gasteiger partial charge in [0.25, 0.3) is 0 Å². The van der Waals surface area contributed by atoms with Crippen molar-refractivity contribution in [2.24, 2.45) is 0 Å². The van der Waals surface area contributed by atoms with E-state index in [1.54, 1.807) is 18.2 Å². The molecule has 1 aromatic carbocycles. The summed E-state index contributed by atoms with van der Waals surface area (Å²) in [5.41, 5.74) is 0.831. The van der Waals surface area contributed by atoms with E-state index >= 15 is 0 Å². The van der Waals surface area contributed by atoms with Gasteiger partial charge in [0.2, 0.25) is 11.8 Å². The van der Waals surface area contributed by atoms with Crippen LogP contribution in [-0.4, -0.2) is 23.3 Å². The van der Waals surface area contributed by atoms with Crippen molar-refractivity contribution in [1.29, 1.82) is 0 Å². The average Bonchev–Trinajstić information content (AvgIpc) is 2.98. The first-order chi connectivity index (χ1) is 10.6. The fraction of sp³-hybridized carbons (Fsp3) is 0.250. The van der Waals surface area contributed by atoms with Gasteiger partial charge in [-0.2, -0.15) is 0 Å². The van der Waals surface area contributed by atoms with Crippen molar-refractivity contribution in [1.82, 2.24) is 10.2 Å². The van der Waals surface area contributed by atoms with Gasteiger partial charge in [-0.1, -0.05) is 29.8 Å². The summed E-state index contributed by atoms with van der Waals surface area (Å²) in [5, 5.41) is 3.36. The number of furan rings is 1. The van der Waals surface area contributed by atoms with Crippen molar-refractivity contribution in [3.63, 3.8) is 0 Å². The molecular formula is C16H17ClN2O3. The number of nitrogens with zero attached hydrogens (tertiary/aromatic N) is 1. The van der Waals surface area contributed by atoms with Crippen molar-refractivity contribution in [2.75, 3.05) is 6.54 Å². The summed E-state index contributed by atoms with van der Waals surface area (Å²) in [7, 11) is 0. The lowest BCUT2D eigenvalue weighted by molar-refractivity contribution is -0.135. The minimum Gasteiger partial charge on any atom is -0.467 e. The van der Waals surface area contributed by atoms with Crippen LogP contribution in [0, 0.1) is 0 Å². The largest absolute Gasteiger partial charge is 0.467 e. The van der Waals surface area contributed by atoms with Gasteiger partial charge in [0.1, 0.15) is 5.76 Å². The molecule has 1 heterocycles. The van der Waals surface area contributed by atoms with Gasteiger partial charge < -0.3 is 14.6 Å². The molecule has 0 unspecified atom stereocenters. The molecule has 0 saturated carbocycles. The standard InChI is InChI=1S/C16H17ClN2O3/c1-12(20)19(10-14-6-4-8-22-14)11-16(21)18-9-13-5-2-3-7-15(13)17/h2-8H,9-11H2,1H3,(H,18,21). The topological polar surface area (TPSA) is 62.6 Å². The molecule has 0 saturated heterocycles. The smallest absolute Gasteiger partial charge is 0.239 e. The zero-order valence-electron chi connectivity index (χ0n) is 12.2. The Bertz CT molecular complexity index is 641. The van der Waals surface area contributed by atoms with Gasteiger partial charge in [0, 0.05) is 18.5 Å². The van der Waals surface area contributed by atoms with Crippen molar-refractivity contribution >= 4 is 23.4 Å². The van der Waals surface area contributed by atoms with Crippen LogP contribution in [0.4, 0.5) is 0 Å². The Morgan fingerprint density at radius 1 is 1.23 bits per heavy atom. The maximum atomic E-state index is 12.0. The van der Waals surface area contributed by atoms with Gasteiger partial charge in [-0.3, -0.25) is 9.59 Å². The SMILES string of the molecule is CC(=O)N(CC(=O)NCc1ccccc1Cl)Cc1ccco1. The Hall–Kier alpha value is -2.27. The second-order valence-corrected chi connectivity index (χ2v) is 5.23. The molecule has 0 atom stereocenters. The van der Waals surface area contributed by atoms with Crippen LogP contribution in [0.15, 0.2) is 47.1 Å². The van der Waals surface area contributed by atoms with Crippen LogP contribution in [-0.2, 0) is 22.7 Å². The molecule has 0 radical (unpaired) electrons. The number of benzene rings is 1. The van der Waals surface area contributed by atoms with Crippen LogP contribution >= 0.6 is 11.6 Å². The maximum Gasteiger partial charge on any atom is 0.239 e. The van der Waals surface area contributed by atoms with E-state index in [0.29, 0.717) is 17.3 Å². The van der Waals surface area contributed by atoms with Gasteiger partial charge >= 0.3 is 0 Å². The minimum absolute atomic E-state index is 0.0273. The average molecular weight is 321 g/mol. The number of hydrogen-bond donors (Lipinski definition) is 1. The quantitative estimate of drug-likeness (QED) is 0.890. The Morgan fingerprint density at radius 2 is 2.00 bits per heavy atom. The van der Waals surface area contributed by atoms with Crippen LogP contribution in [0.1, 0.15) is 18.2 Å². The number of nitrogens with one attached hydrogen (secondary N) is 1. The first-order valence-electron chi connectivity index (χ1n) is 6.84. The molecule has 0 fully saturated rings. The number of carbonyl (C=O) groups excluding carboxylic acids is 2. The summed E-state index contributed by atoms with van der Waals surface area (Å²) in [6.45, 7) is 1.98. The number of carbonyl (C=O) groups is 2. The summed E-state index contributed by atoms with van der Waals surface area (Å²) < 4.78 is 5.20. The second kappa shape index (κ2) is 7.66. The van der Waals surface area contributed by atoms with E-state index in [0.717, 1.165) is 5.56 Å². The van der Waals surface area contributed by atoms with Gasteiger partial charge in [-0.25, -0.2) is 0 Å². The Morgan fingerprint density at radius 3 is 2.64 bits per heavy atom. The lowest BCUT2D eigenvalue weighted by Gasteiger charge is -2.19. The maximum absolute atomic E-state index is 12.0. The fourth-order valence-electron chi connectivity index (χ4n) is 1.93. The molecule has 1 N–H and O–H groups in total.